The predicted octanol–water partition coefficient (Wildman–Crippen LogP) is 2.67. The molecule has 2 aliphatic heterocycles. The Morgan fingerprint density at radius 2 is 1.39 bits per heavy atom. The van der Waals surface area contributed by atoms with Crippen LogP contribution in [0.3, 0.4) is 0 Å². The molecule has 1 unspecified atom stereocenters. The van der Waals surface area contributed by atoms with Crippen molar-refractivity contribution in [3.63, 3.8) is 0 Å². The normalized spacial score (nSPS) is 12.1. The maximum atomic E-state index is 10.5. The number of hydrogen-bond acceptors (Lipinski definition) is 11. The van der Waals surface area contributed by atoms with Crippen LogP contribution in [0.25, 0.3) is 0 Å². The average molecular weight is 511 g/mol. The lowest BCUT2D eigenvalue weighted by molar-refractivity contribution is -0.517. The molecule has 0 fully saturated rings. The largest absolute Gasteiger partial charge is 0.454 e. The third-order valence-corrected chi connectivity index (χ3v) is 4.29. The molecule has 13 nitrogen and oxygen atoms in total. The van der Waals surface area contributed by atoms with Crippen LogP contribution in [0.1, 0.15) is 37.2 Å². The molecular formula is C23H34N4O9. The highest BCUT2D eigenvalue weighted by molar-refractivity contribution is 5.76. The van der Waals surface area contributed by atoms with Crippen LogP contribution in [0, 0.1) is 20.2 Å². The summed E-state index contributed by atoms with van der Waals surface area (Å²) in [4.78, 5) is 29.3. The quantitative estimate of drug-likeness (QED) is 0.330. The summed E-state index contributed by atoms with van der Waals surface area (Å²) in [6.45, 7) is 4.78. The Labute approximate surface area is 209 Å². The summed E-state index contributed by atoms with van der Waals surface area (Å²) in [7, 11) is 0. The second kappa shape index (κ2) is 17.5. The van der Waals surface area contributed by atoms with Crippen molar-refractivity contribution < 1.29 is 33.6 Å². The van der Waals surface area contributed by atoms with Crippen molar-refractivity contribution in [2.24, 2.45) is 11.5 Å². The van der Waals surface area contributed by atoms with Crippen molar-refractivity contribution in [2.45, 2.75) is 33.7 Å². The molecule has 0 amide bonds. The highest BCUT2D eigenvalue weighted by atomic mass is 16.7. The van der Waals surface area contributed by atoms with Crippen molar-refractivity contribution in [3.8, 4) is 23.0 Å². The smallest absolute Gasteiger partial charge is 0.231 e. The summed E-state index contributed by atoms with van der Waals surface area (Å²) in [5.74, 6) is 2.72. The zero-order valence-corrected chi connectivity index (χ0v) is 19.6. The topological polar surface area (TPSA) is 192 Å². The highest BCUT2D eigenvalue weighted by Crippen LogP contribution is 2.33. The van der Waals surface area contributed by atoms with Gasteiger partial charge in [-0.05, 0) is 35.9 Å². The summed E-state index contributed by atoms with van der Waals surface area (Å²) in [6.07, 6.45) is 1.19. The Morgan fingerprint density at radius 3 is 1.83 bits per heavy atom. The number of nitrogens with two attached hydrogens (primary N) is 2. The van der Waals surface area contributed by atoms with E-state index >= 15 is 0 Å². The second-order valence-corrected chi connectivity index (χ2v) is 6.98. The van der Waals surface area contributed by atoms with E-state index in [0.29, 0.717) is 48.1 Å². The first kappa shape index (κ1) is 32.0. The molecule has 2 aromatic carbocycles. The number of carbonyl (C=O) groups excluding carboxylic acids is 1. The first-order chi connectivity index (χ1) is 16.7. The van der Waals surface area contributed by atoms with Crippen molar-refractivity contribution in [3.05, 3.63) is 67.8 Å². The van der Waals surface area contributed by atoms with E-state index in [1.54, 1.807) is 37.3 Å². The van der Waals surface area contributed by atoms with Crippen LogP contribution < -0.4 is 30.4 Å². The number of nitro groups is 2. The molecule has 2 aliphatic rings. The Bertz CT molecular complexity index is 971. The van der Waals surface area contributed by atoms with Crippen LogP contribution in [0.2, 0.25) is 0 Å². The SMILES string of the molecule is C.CC(Cc1ccc2c(c1)OCO2)[N+](=O)[O-].CC[N+](=O)[O-].NCCN.O=Cc1ccc2c(c1)OCO2. The fourth-order valence-corrected chi connectivity index (χ4v) is 2.47. The van der Waals surface area contributed by atoms with Crippen molar-refractivity contribution in [2.75, 3.05) is 33.2 Å². The standard InChI is InChI=1S/C10H11NO4.C8H6O3.C2H8N2.C2H5NO2.CH4/c1-7(11(12)13)4-8-2-3-9-10(5-8)15-6-14-9;9-4-6-1-2-7-8(3-6)11-5-10-7;3-1-2-4;1-2-3(4)5;/h2-3,5,7H,4,6H2,1H3;1-4H,5H2;1-4H2;2H2,1H3;1H4. The Hall–Kier alpha value is -3.97. The molecule has 0 saturated carbocycles. The zero-order valence-electron chi connectivity index (χ0n) is 19.6. The predicted molar refractivity (Wildman–Crippen MR) is 133 cm³/mol. The fraction of sp³-hybridized carbons (Fsp3) is 0.435. The number of fused-ring (bicyclic) bond motifs is 2. The lowest BCUT2D eigenvalue weighted by atomic mass is 10.1. The van der Waals surface area contributed by atoms with E-state index in [9.17, 15) is 25.0 Å². The maximum Gasteiger partial charge on any atom is 0.231 e. The molecular weight excluding hydrogens is 476 g/mol. The molecule has 2 heterocycles. The van der Waals surface area contributed by atoms with Gasteiger partial charge in [0.05, 0.1) is 0 Å². The van der Waals surface area contributed by atoms with E-state index in [-0.39, 0.29) is 37.4 Å². The minimum absolute atomic E-state index is 0. The molecule has 0 aromatic heterocycles. The molecule has 4 rings (SSSR count). The van der Waals surface area contributed by atoms with Gasteiger partial charge in [0, 0.05) is 48.8 Å². The molecule has 0 spiro atoms. The minimum atomic E-state index is -0.578. The molecule has 2 aromatic rings. The molecule has 1 atom stereocenters. The summed E-state index contributed by atoms with van der Waals surface area (Å²) in [5, 5.41) is 19.7. The van der Waals surface area contributed by atoms with Gasteiger partial charge in [0.2, 0.25) is 26.2 Å². The van der Waals surface area contributed by atoms with Crippen LogP contribution in [-0.2, 0) is 6.42 Å². The second-order valence-electron chi connectivity index (χ2n) is 6.98. The number of ether oxygens (including phenoxy) is 4. The van der Waals surface area contributed by atoms with Gasteiger partial charge < -0.3 is 30.4 Å². The molecule has 200 valence electrons. The lowest BCUT2D eigenvalue weighted by Crippen LogP contribution is -2.17. The number of benzene rings is 2. The van der Waals surface area contributed by atoms with Crippen LogP contribution in [-0.4, -0.2) is 55.4 Å². The molecule has 36 heavy (non-hydrogen) atoms. The van der Waals surface area contributed by atoms with Crippen LogP contribution in [0.15, 0.2) is 36.4 Å². The first-order valence-corrected chi connectivity index (χ1v) is 10.6. The first-order valence-electron chi connectivity index (χ1n) is 10.6. The van der Waals surface area contributed by atoms with Gasteiger partial charge in [-0.15, -0.1) is 0 Å². The molecule has 0 radical (unpaired) electrons. The van der Waals surface area contributed by atoms with Gasteiger partial charge in [0.1, 0.15) is 6.29 Å². The van der Waals surface area contributed by atoms with Crippen molar-refractivity contribution >= 4 is 6.29 Å². The van der Waals surface area contributed by atoms with Gasteiger partial charge in [-0.3, -0.25) is 25.0 Å². The summed E-state index contributed by atoms with van der Waals surface area (Å²) >= 11 is 0. The van der Waals surface area contributed by atoms with E-state index in [1.165, 1.54) is 6.92 Å². The Balaban J connectivity index is 0.000000513. The van der Waals surface area contributed by atoms with Gasteiger partial charge >= 0.3 is 0 Å². The average Bonchev–Trinajstić information content (AvgIpc) is 3.53. The molecule has 0 saturated heterocycles. The van der Waals surface area contributed by atoms with Gasteiger partial charge in [-0.2, -0.15) is 0 Å². The number of nitrogens with zero attached hydrogens (tertiary/aromatic N) is 2. The maximum absolute atomic E-state index is 10.5. The summed E-state index contributed by atoms with van der Waals surface area (Å²) < 4.78 is 20.5. The highest BCUT2D eigenvalue weighted by Gasteiger charge is 2.17. The molecule has 4 N–H and O–H groups in total. The molecule has 13 heteroatoms. The van der Waals surface area contributed by atoms with Gasteiger partial charge in [-0.25, -0.2) is 0 Å². The van der Waals surface area contributed by atoms with E-state index in [2.05, 4.69) is 0 Å². The minimum Gasteiger partial charge on any atom is -0.454 e. The van der Waals surface area contributed by atoms with Gasteiger partial charge in [0.25, 0.3) is 0 Å². The zero-order chi connectivity index (χ0) is 26.2. The molecule has 0 bridgehead atoms. The van der Waals surface area contributed by atoms with Crippen LogP contribution >= 0.6 is 0 Å². The van der Waals surface area contributed by atoms with Crippen molar-refractivity contribution in [1.82, 2.24) is 0 Å². The van der Waals surface area contributed by atoms with E-state index in [4.69, 9.17) is 30.4 Å². The van der Waals surface area contributed by atoms with E-state index in [0.717, 1.165) is 11.8 Å². The van der Waals surface area contributed by atoms with E-state index in [1.807, 2.05) is 6.07 Å². The number of aldehydes is 1. The Morgan fingerprint density at radius 1 is 0.917 bits per heavy atom. The van der Waals surface area contributed by atoms with Crippen LogP contribution in [0.5, 0.6) is 23.0 Å². The summed E-state index contributed by atoms with van der Waals surface area (Å²) in [6, 6.07) is 9.91. The fourth-order valence-electron chi connectivity index (χ4n) is 2.47. The number of hydrogen-bond donors (Lipinski definition) is 2. The lowest BCUT2D eigenvalue weighted by Gasteiger charge is -2.04. The van der Waals surface area contributed by atoms with Gasteiger partial charge in [0.15, 0.2) is 23.0 Å². The van der Waals surface area contributed by atoms with Crippen molar-refractivity contribution in [1.29, 1.82) is 0 Å². The third kappa shape index (κ3) is 11.4. The number of rotatable bonds is 6. The monoisotopic (exact) mass is 510 g/mol. The molecule has 0 aliphatic carbocycles. The third-order valence-electron chi connectivity index (χ3n) is 4.29. The van der Waals surface area contributed by atoms with E-state index < -0.39 is 6.04 Å². The summed E-state index contributed by atoms with van der Waals surface area (Å²) in [5.41, 5.74) is 11.3. The number of carbonyl (C=O) groups is 1. The Kier molecular flexibility index (Phi) is 15.5. The van der Waals surface area contributed by atoms with Gasteiger partial charge in [-0.1, -0.05) is 13.5 Å². The van der Waals surface area contributed by atoms with Crippen LogP contribution in [0.4, 0.5) is 0 Å².